The third kappa shape index (κ3) is 2.54. The summed E-state index contributed by atoms with van der Waals surface area (Å²) in [5, 5.41) is 13.3. The summed E-state index contributed by atoms with van der Waals surface area (Å²) < 4.78 is 5.20. The Labute approximate surface area is 97.4 Å². The highest BCUT2D eigenvalue weighted by molar-refractivity contribution is 5.42. The molecular formula is C13H21NO2. The van der Waals surface area contributed by atoms with Crippen molar-refractivity contribution in [3.63, 3.8) is 0 Å². The number of aryl methyl sites for hydroxylation is 2. The molecule has 0 spiro atoms. The van der Waals surface area contributed by atoms with Crippen molar-refractivity contribution in [3.8, 4) is 5.75 Å². The maximum atomic E-state index is 10.2. The van der Waals surface area contributed by atoms with Gasteiger partial charge in [0.15, 0.2) is 0 Å². The number of benzene rings is 1. The lowest BCUT2D eigenvalue weighted by molar-refractivity contribution is 0.138. The van der Waals surface area contributed by atoms with Gasteiger partial charge in [-0.25, -0.2) is 0 Å². The van der Waals surface area contributed by atoms with Crippen molar-refractivity contribution in [2.24, 2.45) is 0 Å². The number of rotatable bonds is 4. The van der Waals surface area contributed by atoms with Gasteiger partial charge in [0.05, 0.1) is 13.2 Å². The number of nitrogens with one attached hydrogen (secondary N) is 1. The predicted octanol–water partition coefficient (Wildman–Crippen LogP) is 1.95. The first-order valence-electron chi connectivity index (χ1n) is 5.51. The van der Waals surface area contributed by atoms with Crippen LogP contribution in [0.2, 0.25) is 0 Å². The summed E-state index contributed by atoms with van der Waals surface area (Å²) in [7, 11) is 3.50. The van der Waals surface area contributed by atoms with Crippen molar-refractivity contribution in [2.45, 2.75) is 32.9 Å². The van der Waals surface area contributed by atoms with Crippen molar-refractivity contribution in [3.05, 3.63) is 28.8 Å². The minimum atomic E-state index is -0.490. The van der Waals surface area contributed by atoms with E-state index < -0.39 is 6.10 Å². The zero-order valence-corrected chi connectivity index (χ0v) is 10.7. The fourth-order valence-electron chi connectivity index (χ4n) is 1.93. The molecule has 1 rings (SSSR count). The summed E-state index contributed by atoms with van der Waals surface area (Å²) in [5.74, 6) is 0.836. The van der Waals surface area contributed by atoms with Gasteiger partial charge < -0.3 is 15.2 Å². The average Bonchev–Trinajstić information content (AvgIpc) is 2.26. The molecule has 2 unspecified atom stereocenters. The van der Waals surface area contributed by atoms with Crippen LogP contribution in [-0.4, -0.2) is 25.3 Å². The van der Waals surface area contributed by atoms with E-state index in [0.29, 0.717) is 0 Å². The standard InChI is InChI=1S/C13H21NO2/c1-8-6-11(16-5)7-9(2)12(8)13(15)10(3)14-4/h6-7,10,13-15H,1-5H3. The van der Waals surface area contributed by atoms with E-state index in [9.17, 15) is 5.11 Å². The molecular weight excluding hydrogens is 202 g/mol. The second-order valence-electron chi connectivity index (χ2n) is 4.20. The van der Waals surface area contributed by atoms with Crippen LogP contribution in [0.3, 0.4) is 0 Å². The van der Waals surface area contributed by atoms with E-state index in [4.69, 9.17) is 4.74 Å². The Bertz CT molecular complexity index is 340. The molecule has 0 saturated carbocycles. The highest BCUT2D eigenvalue weighted by atomic mass is 16.5. The van der Waals surface area contributed by atoms with Gasteiger partial charge >= 0.3 is 0 Å². The molecule has 0 fully saturated rings. The number of ether oxygens (including phenoxy) is 1. The SMILES string of the molecule is CNC(C)C(O)c1c(C)cc(OC)cc1C. The summed E-state index contributed by atoms with van der Waals surface area (Å²) in [6.07, 6.45) is -0.490. The van der Waals surface area contributed by atoms with Gasteiger partial charge in [-0.2, -0.15) is 0 Å². The molecule has 1 aromatic carbocycles. The molecule has 16 heavy (non-hydrogen) atoms. The minimum Gasteiger partial charge on any atom is -0.497 e. The predicted molar refractivity (Wildman–Crippen MR) is 65.9 cm³/mol. The first-order chi connectivity index (χ1) is 7.51. The topological polar surface area (TPSA) is 41.5 Å². The van der Waals surface area contributed by atoms with Crippen LogP contribution in [-0.2, 0) is 0 Å². The van der Waals surface area contributed by atoms with E-state index >= 15 is 0 Å². The number of likely N-dealkylation sites (N-methyl/N-ethyl adjacent to an activating group) is 1. The van der Waals surface area contributed by atoms with E-state index in [1.807, 2.05) is 40.0 Å². The molecule has 0 aliphatic rings. The molecule has 0 aliphatic heterocycles. The van der Waals surface area contributed by atoms with Crippen molar-refractivity contribution in [1.82, 2.24) is 5.32 Å². The molecule has 0 bridgehead atoms. The Morgan fingerprint density at radius 3 is 2.12 bits per heavy atom. The largest absolute Gasteiger partial charge is 0.497 e. The summed E-state index contributed by atoms with van der Waals surface area (Å²) in [5.41, 5.74) is 3.11. The van der Waals surface area contributed by atoms with E-state index in [1.54, 1.807) is 7.11 Å². The minimum absolute atomic E-state index is 0.0331. The molecule has 0 aliphatic carbocycles. The maximum Gasteiger partial charge on any atom is 0.119 e. The van der Waals surface area contributed by atoms with Crippen molar-refractivity contribution in [2.75, 3.05) is 14.2 Å². The van der Waals surface area contributed by atoms with Crippen LogP contribution in [0.5, 0.6) is 5.75 Å². The zero-order chi connectivity index (χ0) is 12.3. The van der Waals surface area contributed by atoms with Gasteiger partial charge in [0, 0.05) is 6.04 Å². The van der Waals surface area contributed by atoms with E-state index in [2.05, 4.69) is 5.32 Å². The molecule has 3 nitrogen and oxygen atoms in total. The Balaban J connectivity index is 3.14. The van der Waals surface area contributed by atoms with Crippen LogP contribution in [0.4, 0.5) is 0 Å². The van der Waals surface area contributed by atoms with Crippen LogP contribution < -0.4 is 10.1 Å². The van der Waals surface area contributed by atoms with Gasteiger partial charge in [-0.15, -0.1) is 0 Å². The fraction of sp³-hybridized carbons (Fsp3) is 0.538. The van der Waals surface area contributed by atoms with E-state index in [1.165, 1.54) is 0 Å². The highest BCUT2D eigenvalue weighted by Crippen LogP contribution is 2.28. The first kappa shape index (κ1) is 13.0. The van der Waals surface area contributed by atoms with Gasteiger partial charge in [0.1, 0.15) is 5.75 Å². The monoisotopic (exact) mass is 223 g/mol. The Morgan fingerprint density at radius 1 is 1.25 bits per heavy atom. The lowest BCUT2D eigenvalue weighted by atomic mass is 9.94. The normalized spacial score (nSPS) is 14.6. The van der Waals surface area contributed by atoms with Crippen LogP contribution in [0.1, 0.15) is 29.7 Å². The number of methoxy groups -OCH3 is 1. The Hall–Kier alpha value is -1.06. The molecule has 1 aromatic rings. The molecule has 3 heteroatoms. The van der Waals surface area contributed by atoms with Crippen molar-refractivity contribution < 1.29 is 9.84 Å². The summed E-state index contributed by atoms with van der Waals surface area (Å²) >= 11 is 0. The zero-order valence-electron chi connectivity index (χ0n) is 10.7. The molecule has 2 atom stereocenters. The number of hydrogen-bond acceptors (Lipinski definition) is 3. The fourth-order valence-corrected chi connectivity index (χ4v) is 1.93. The first-order valence-corrected chi connectivity index (χ1v) is 5.51. The van der Waals surface area contributed by atoms with Gasteiger partial charge in [0.25, 0.3) is 0 Å². The molecule has 0 saturated heterocycles. The quantitative estimate of drug-likeness (QED) is 0.820. The van der Waals surface area contributed by atoms with Gasteiger partial charge in [-0.3, -0.25) is 0 Å². The van der Waals surface area contributed by atoms with Crippen LogP contribution in [0.15, 0.2) is 12.1 Å². The second kappa shape index (κ2) is 5.32. The summed E-state index contributed by atoms with van der Waals surface area (Å²) in [4.78, 5) is 0. The molecule has 2 N–H and O–H groups in total. The lowest BCUT2D eigenvalue weighted by Crippen LogP contribution is -2.29. The van der Waals surface area contributed by atoms with E-state index in [-0.39, 0.29) is 6.04 Å². The smallest absolute Gasteiger partial charge is 0.119 e. The van der Waals surface area contributed by atoms with Gasteiger partial charge in [-0.05, 0) is 56.6 Å². The molecule has 0 aromatic heterocycles. The third-order valence-electron chi connectivity index (χ3n) is 3.03. The Morgan fingerprint density at radius 2 is 1.75 bits per heavy atom. The third-order valence-corrected chi connectivity index (χ3v) is 3.03. The van der Waals surface area contributed by atoms with Crippen LogP contribution >= 0.6 is 0 Å². The second-order valence-corrected chi connectivity index (χ2v) is 4.20. The Kier molecular flexibility index (Phi) is 4.33. The summed E-state index contributed by atoms with van der Waals surface area (Å²) in [6.45, 7) is 5.96. The van der Waals surface area contributed by atoms with Crippen molar-refractivity contribution in [1.29, 1.82) is 0 Å². The van der Waals surface area contributed by atoms with Crippen molar-refractivity contribution >= 4 is 0 Å². The number of hydrogen-bond donors (Lipinski definition) is 2. The van der Waals surface area contributed by atoms with Gasteiger partial charge in [-0.1, -0.05) is 0 Å². The van der Waals surface area contributed by atoms with Gasteiger partial charge in [0.2, 0.25) is 0 Å². The number of aliphatic hydroxyl groups is 1. The molecule has 0 radical (unpaired) electrons. The molecule has 0 amide bonds. The van der Waals surface area contributed by atoms with Crippen LogP contribution in [0, 0.1) is 13.8 Å². The molecule has 90 valence electrons. The summed E-state index contributed by atoms with van der Waals surface area (Å²) in [6, 6.07) is 3.94. The maximum absolute atomic E-state index is 10.2. The average molecular weight is 223 g/mol. The lowest BCUT2D eigenvalue weighted by Gasteiger charge is -2.22. The van der Waals surface area contributed by atoms with E-state index in [0.717, 1.165) is 22.4 Å². The number of aliphatic hydroxyl groups excluding tert-OH is 1. The highest BCUT2D eigenvalue weighted by Gasteiger charge is 2.19. The van der Waals surface area contributed by atoms with Crippen LogP contribution in [0.25, 0.3) is 0 Å². The molecule has 0 heterocycles.